The van der Waals surface area contributed by atoms with Gasteiger partial charge in [0.05, 0.1) is 12.1 Å². The fraction of sp³-hybridized carbons (Fsp3) is 0.312. The number of H-pyrrole nitrogens is 1. The minimum atomic E-state index is -0.406. The average molecular weight is 334 g/mol. The molecule has 0 radical (unpaired) electrons. The van der Waals surface area contributed by atoms with E-state index < -0.39 is 5.56 Å². The molecule has 1 fully saturated rings. The van der Waals surface area contributed by atoms with Gasteiger partial charge in [-0.15, -0.1) is 0 Å². The third-order valence-corrected chi connectivity index (χ3v) is 3.97. The molecule has 0 bridgehead atoms. The van der Waals surface area contributed by atoms with Crippen LogP contribution in [0, 0.1) is 6.92 Å². The van der Waals surface area contributed by atoms with Gasteiger partial charge < -0.3 is 14.6 Å². The maximum absolute atomic E-state index is 12.4. The van der Waals surface area contributed by atoms with E-state index in [9.17, 15) is 9.59 Å². The maximum Gasteiger partial charge on any atom is 0.266 e. The molecule has 7 heteroatoms. The number of pyridine rings is 2. The fourth-order valence-electron chi connectivity index (χ4n) is 2.53. The second-order valence-corrected chi connectivity index (χ2v) is 5.87. The first-order chi connectivity index (χ1) is 11.0. The lowest BCUT2D eigenvalue weighted by Gasteiger charge is -2.17. The van der Waals surface area contributed by atoms with Gasteiger partial charge in [-0.1, -0.05) is 17.7 Å². The van der Waals surface area contributed by atoms with Crippen molar-refractivity contribution in [2.75, 3.05) is 13.1 Å². The van der Waals surface area contributed by atoms with Crippen LogP contribution in [0.25, 0.3) is 0 Å². The zero-order valence-corrected chi connectivity index (χ0v) is 13.3. The number of ether oxygens (including phenoxy) is 1. The minimum Gasteiger partial charge on any atom is -0.472 e. The maximum atomic E-state index is 12.4. The van der Waals surface area contributed by atoms with Crippen molar-refractivity contribution >= 4 is 17.5 Å². The van der Waals surface area contributed by atoms with Crippen molar-refractivity contribution < 1.29 is 9.53 Å². The van der Waals surface area contributed by atoms with Crippen LogP contribution in [0.4, 0.5) is 0 Å². The summed E-state index contributed by atoms with van der Waals surface area (Å²) in [6, 6.07) is 6.98. The summed E-state index contributed by atoms with van der Waals surface area (Å²) >= 11 is 5.77. The molecule has 2 aromatic heterocycles. The Morgan fingerprint density at radius 1 is 1.48 bits per heavy atom. The molecule has 2 aromatic rings. The van der Waals surface area contributed by atoms with Gasteiger partial charge in [-0.3, -0.25) is 9.59 Å². The van der Waals surface area contributed by atoms with Gasteiger partial charge in [-0.2, -0.15) is 0 Å². The Morgan fingerprint density at radius 2 is 2.30 bits per heavy atom. The third kappa shape index (κ3) is 3.53. The molecular formula is C16H16ClN3O3. The summed E-state index contributed by atoms with van der Waals surface area (Å²) in [5.74, 6) is 0.392. The molecular weight excluding hydrogens is 318 g/mol. The van der Waals surface area contributed by atoms with E-state index in [1.54, 1.807) is 11.0 Å². The van der Waals surface area contributed by atoms with Crippen molar-refractivity contribution in [2.45, 2.75) is 19.4 Å². The summed E-state index contributed by atoms with van der Waals surface area (Å²) < 4.78 is 5.83. The molecule has 23 heavy (non-hydrogen) atoms. The minimum absolute atomic E-state index is 0.00630. The molecule has 1 aliphatic rings. The number of halogens is 1. The number of aryl methyl sites for hydroxylation is 1. The van der Waals surface area contributed by atoms with Gasteiger partial charge in [0.1, 0.15) is 11.1 Å². The fourth-order valence-corrected chi connectivity index (χ4v) is 2.70. The molecule has 1 amide bonds. The Hall–Kier alpha value is -2.34. The first kappa shape index (κ1) is 15.6. The summed E-state index contributed by atoms with van der Waals surface area (Å²) in [6.07, 6.45) is 2.03. The van der Waals surface area contributed by atoms with Crippen molar-refractivity contribution in [1.82, 2.24) is 14.9 Å². The second-order valence-electron chi connectivity index (χ2n) is 5.46. The average Bonchev–Trinajstić information content (AvgIpc) is 2.98. The molecule has 3 rings (SSSR count). The van der Waals surface area contributed by atoms with Crippen molar-refractivity contribution in [3.8, 4) is 5.88 Å². The van der Waals surface area contributed by atoms with Crippen LogP contribution in [0.15, 0.2) is 35.3 Å². The van der Waals surface area contributed by atoms with E-state index in [1.807, 2.05) is 19.1 Å². The monoisotopic (exact) mass is 333 g/mol. The molecule has 0 saturated carbocycles. The molecule has 1 atom stereocenters. The number of amides is 1. The highest BCUT2D eigenvalue weighted by atomic mass is 35.5. The Kier molecular flexibility index (Phi) is 4.34. The summed E-state index contributed by atoms with van der Waals surface area (Å²) in [7, 11) is 0. The van der Waals surface area contributed by atoms with E-state index in [-0.39, 0.29) is 17.0 Å². The highest BCUT2D eigenvalue weighted by molar-refractivity contribution is 6.30. The molecule has 0 spiro atoms. The molecule has 0 unspecified atom stereocenters. The van der Waals surface area contributed by atoms with Crippen LogP contribution in [-0.2, 0) is 0 Å². The quantitative estimate of drug-likeness (QED) is 0.932. The highest BCUT2D eigenvalue weighted by Crippen LogP contribution is 2.19. The molecule has 6 nitrogen and oxygen atoms in total. The molecule has 1 aliphatic heterocycles. The van der Waals surface area contributed by atoms with Crippen molar-refractivity contribution in [2.24, 2.45) is 0 Å². The number of aromatic nitrogens is 2. The van der Waals surface area contributed by atoms with Crippen LogP contribution in [0.3, 0.4) is 0 Å². The Morgan fingerprint density at radius 3 is 3.04 bits per heavy atom. The molecule has 1 saturated heterocycles. The first-order valence-corrected chi connectivity index (χ1v) is 7.68. The zero-order valence-electron chi connectivity index (χ0n) is 12.6. The summed E-state index contributed by atoms with van der Waals surface area (Å²) in [4.78, 5) is 32.1. The summed E-state index contributed by atoms with van der Waals surface area (Å²) in [5.41, 5.74) is 0.844. The van der Waals surface area contributed by atoms with Gasteiger partial charge in [0, 0.05) is 30.9 Å². The lowest BCUT2D eigenvalue weighted by atomic mass is 10.2. The predicted octanol–water partition coefficient (Wildman–Crippen LogP) is 2.03. The van der Waals surface area contributed by atoms with E-state index in [0.29, 0.717) is 24.5 Å². The molecule has 0 aliphatic carbocycles. The molecule has 120 valence electrons. The van der Waals surface area contributed by atoms with E-state index in [1.165, 1.54) is 12.3 Å². The normalized spacial score (nSPS) is 17.3. The molecule has 3 heterocycles. The largest absolute Gasteiger partial charge is 0.472 e. The number of hydrogen-bond acceptors (Lipinski definition) is 4. The molecule has 0 aromatic carbocycles. The predicted molar refractivity (Wildman–Crippen MR) is 86.0 cm³/mol. The van der Waals surface area contributed by atoms with E-state index in [0.717, 1.165) is 12.1 Å². The number of nitrogens with one attached hydrogen (secondary N) is 1. The summed E-state index contributed by atoms with van der Waals surface area (Å²) in [5, 5.41) is 0.00630. The second kappa shape index (κ2) is 6.42. The van der Waals surface area contributed by atoms with Crippen LogP contribution in [-0.4, -0.2) is 40.0 Å². The highest BCUT2D eigenvalue weighted by Gasteiger charge is 2.28. The van der Waals surface area contributed by atoms with Crippen molar-refractivity contribution in [3.05, 3.63) is 57.1 Å². The Labute approximate surface area is 138 Å². The van der Waals surface area contributed by atoms with Gasteiger partial charge in [-0.05, 0) is 19.1 Å². The third-order valence-electron chi connectivity index (χ3n) is 3.69. The van der Waals surface area contributed by atoms with Crippen molar-refractivity contribution in [1.29, 1.82) is 0 Å². The number of nitrogens with zero attached hydrogens (tertiary/aromatic N) is 2. The molecule has 1 N–H and O–H groups in total. The number of carbonyl (C=O) groups is 1. The standard InChI is InChI=1S/C16H16ClN3O3/c1-10-3-2-4-14(19-10)23-12-5-6-20(9-12)16(22)11-7-13(17)15(21)18-8-11/h2-4,7-8,12H,5-6,9H2,1H3,(H,18,21)/t12-/m1/s1. The van der Waals surface area contributed by atoms with Gasteiger partial charge in [0.25, 0.3) is 11.5 Å². The topological polar surface area (TPSA) is 75.3 Å². The van der Waals surface area contributed by atoms with Crippen LogP contribution in [0.1, 0.15) is 22.5 Å². The first-order valence-electron chi connectivity index (χ1n) is 7.31. The summed E-state index contributed by atoms with van der Waals surface area (Å²) in [6.45, 7) is 2.97. The van der Waals surface area contributed by atoms with Gasteiger partial charge >= 0.3 is 0 Å². The van der Waals surface area contributed by atoms with E-state index >= 15 is 0 Å². The van der Waals surface area contributed by atoms with Crippen LogP contribution >= 0.6 is 11.6 Å². The number of likely N-dealkylation sites (tertiary alicyclic amines) is 1. The number of rotatable bonds is 3. The number of hydrogen-bond donors (Lipinski definition) is 1. The SMILES string of the molecule is Cc1cccc(O[C@@H]2CCN(C(=O)c3c[nH]c(=O)c(Cl)c3)C2)n1. The Bertz CT molecular complexity index is 790. The van der Waals surface area contributed by atoms with Crippen LogP contribution in [0.2, 0.25) is 5.02 Å². The van der Waals surface area contributed by atoms with Gasteiger partial charge in [0.15, 0.2) is 0 Å². The van der Waals surface area contributed by atoms with E-state index in [4.69, 9.17) is 16.3 Å². The lowest BCUT2D eigenvalue weighted by Crippen LogP contribution is -2.31. The lowest BCUT2D eigenvalue weighted by molar-refractivity contribution is 0.0770. The van der Waals surface area contributed by atoms with Crippen LogP contribution in [0.5, 0.6) is 5.88 Å². The number of carbonyl (C=O) groups excluding carboxylic acids is 1. The van der Waals surface area contributed by atoms with Crippen molar-refractivity contribution in [3.63, 3.8) is 0 Å². The zero-order chi connectivity index (χ0) is 16.4. The van der Waals surface area contributed by atoms with Gasteiger partial charge in [-0.25, -0.2) is 4.98 Å². The number of aromatic amines is 1. The van der Waals surface area contributed by atoms with E-state index in [2.05, 4.69) is 9.97 Å². The smallest absolute Gasteiger partial charge is 0.266 e. The van der Waals surface area contributed by atoms with Crippen LogP contribution < -0.4 is 10.3 Å². The van der Waals surface area contributed by atoms with Gasteiger partial charge in [0.2, 0.25) is 5.88 Å². The Balaban J connectivity index is 1.66.